The SMILES string of the molecule is CC(C)C[C@@H](NC(=O)OCC1c2ccccc2-c2ccccc21)C(=O)N1CCC[C@H]1CC(=O)O. The molecule has 1 fully saturated rings. The van der Waals surface area contributed by atoms with E-state index in [-0.39, 0.29) is 36.8 Å². The molecule has 2 aliphatic rings. The van der Waals surface area contributed by atoms with Gasteiger partial charge < -0.3 is 20.1 Å². The molecule has 1 aliphatic heterocycles. The van der Waals surface area contributed by atoms with Crippen molar-refractivity contribution in [3.8, 4) is 11.1 Å². The first-order chi connectivity index (χ1) is 16.3. The van der Waals surface area contributed by atoms with Crippen LogP contribution in [0.1, 0.15) is 56.6 Å². The Hall–Kier alpha value is -3.35. The first kappa shape index (κ1) is 23.8. The number of nitrogens with zero attached hydrogens (tertiary/aromatic N) is 1. The standard InChI is InChI=1S/C27H32N2O5/c1-17(2)14-24(26(32)29-13-7-8-18(29)15-25(30)31)28-27(33)34-16-23-21-11-5-3-9-19(21)20-10-4-6-12-22(20)23/h3-6,9-12,17-18,23-24H,7-8,13-16H2,1-2H3,(H,28,33)(H,30,31)/t18-,24+/m0/s1. The van der Waals surface area contributed by atoms with Gasteiger partial charge in [0.05, 0.1) is 6.42 Å². The van der Waals surface area contributed by atoms with Crippen molar-refractivity contribution in [1.82, 2.24) is 10.2 Å². The second-order valence-corrected chi connectivity index (χ2v) is 9.58. The van der Waals surface area contributed by atoms with Crippen LogP contribution in [-0.2, 0) is 14.3 Å². The summed E-state index contributed by atoms with van der Waals surface area (Å²) in [6.45, 7) is 4.66. The third kappa shape index (κ3) is 5.08. The van der Waals surface area contributed by atoms with E-state index in [2.05, 4.69) is 29.6 Å². The van der Waals surface area contributed by atoms with Crippen LogP contribution >= 0.6 is 0 Å². The van der Waals surface area contributed by atoms with Crippen molar-refractivity contribution in [3.63, 3.8) is 0 Å². The zero-order chi connectivity index (χ0) is 24.2. The largest absolute Gasteiger partial charge is 0.481 e. The third-order valence-electron chi connectivity index (χ3n) is 6.71. The maximum atomic E-state index is 13.3. The number of carboxylic acid groups (broad SMARTS) is 1. The Bertz CT molecular complexity index is 1020. The van der Waals surface area contributed by atoms with E-state index in [1.807, 2.05) is 38.1 Å². The van der Waals surface area contributed by atoms with Gasteiger partial charge in [0, 0.05) is 18.5 Å². The highest BCUT2D eigenvalue weighted by molar-refractivity contribution is 5.86. The molecule has 1 heterocycles. The summed E-state index contributed by atoms with van der Waals surface area (Å²) in [6, 6.07) is 15.2. The lowest BCUT2D eigenvalue weighted by Crippen LogP contribution is -2.51. The van der Waals surface area contributed by atoms with Crippen LogP contribution < -0.4 is 5.32 Å². The minimum Gasteiger partial charge on any atom is -0.481 e. The molecule has 1 aliphatic carbocycles. The van der Waals surface area contributed by atoms with Crippen LogP contribution in [0.25, 0.3) is 11.1 Å². The van der Waals surface area contributed by atoms with Gasteiger partial charge in [0.2, 0.25) is 5.91 Å². The van der Waals surface area contributed by atoms with Gasteiger partial charge in [-0.05, 0) is 47.4 Å². The summed E-state index contributed by atoms with van der Waals surface area (Å²) in [7, 11) is 0. The summed E-state index contributed by atoms with van der Waals surface area (Å²) in [4.78, 5) is 38.9. The highest BCUT2D eigenvalue weighted by Crippen LogP contribution is 2.44. The van der Waals surface area contributed by atoms with Crippen LogP contribution in [0.4, 0.5) is 4.79 Å². The maximum absolute atomic E-state index is 13.3. The van der Waals surface area contributed by atoms with E-state index in [0.717, 1.165) is 28.7 Å². The quantitative estimate of drug-likeness (QED) is 0.604. The van der Waals surface area contributed by atoms with Crippen LogP contribution in [0.2, 0.25) is 0 Å². The smallest absolute Gasteiger partial charge is 0.407 e. The fraction of sp³-hybridized carbons (Fsp3) is 0.444. The number of fused-ring (bicyclic) bond motifs is 3. The average Bonchev–Trinajstić information content (AvgIpc) is 3.38. The summed E-state index contributed by atoms with van der Waals surface area (Å²) < 4.78 is 5.64. The molecule has 0 radical (unpaired) electrons. The monoisotopic (exact) mass is 464 g/mol. The highest BCUT2D eigenvalue weighted by Gasteiger charge is 2.36. The molecule has 2 N–H and O–H groups in total. The number of amides is 2. The van der Waals surface area contributed by atoms with Gasteiger partial charge in [-0.2, -0.15) is 0 Å². The number of benzene rings is 2. The van der Waals surface area contributed by atoms with E-state index in [0.29, 0.717) is 19.4 Å². The number of carbonyl (C=O) groups is 3. The van der Waals surface area contributed by atoms with Crippen LogP contribution in [0.3, 0.4) is 0 Å². The number of carbonyl (C=O) groups excluding carboxylic acids is 2. The lowest BCUT2D eigenvalue weighted by Gasteiger charge is -2.29. The normalized spacial score (nSPS) is 17.9. The first-order valence-corrected chi connectivity index (χ1v) is 12.0. The van der Waals surface area contributed by atoms with Crippen molar-refractivity contribution in [2.75, 3.05) is 13.2 Å². The highest BCUT2D eigenvalue weighted by atomic mass is 16.5. The fourth-order valence-corrected chi connectivity index (χ4v) is 5.22. The summed E-state index contributed by atoms with van der Waals surface area (Å²) in [5.41, 5.74) is 4.55. The predicted molar refractivity (Wildman–Crippen MR) is 128 cm³/mol. The fourth-order valence-electron chi connectivity index (χ4n) is 5.22. The molecule has 0 bridgehead atoms. The van der Waals surface area contributed by atoms with Crippen molar-refractivity contribution < 1.29 is 24.2 Å². The molecule has 0 spiro atoms. The van der Waals surface area contributed by atoms with E-state index >= 15 is 0 Å². The summed E-state index contributed by atoms with van der Waals surface area (Å²) in [6.07, 6.45) is 1.18. The molecular formula is C27H32N2O5. The number of ether oxygens (including phenoxy) is 1. The second kappa shape index (κ2) is 10.3. The molecule has 0 unspecified atom stereocenters. The molecule has 34 heavy (non-hydrogen) atoms. The predicted octanol–water partition coefficient (Wildman–Crippen LogP) is 4.41. The summed E-state index contributed by atoms with van der Waals surface area (Å²) in [5.74, 6) is -1.04. The second-order valence-electron chi connectivity index (χ2n) is 9.58. The number of hydrogen-bond acceptors (Lipinski definition) is 4. The molecular weight excluding hydrogens is 432 g/mol. The van der Waals surface area contributed by atoms with Crippen molar-refractivity contribution >= 4 is 18.0 Å². The number of nitrogens with one attached hydrogen (secondary N) is 1. The van der Waals surface area contributed by atoms with Gasteiger partial charge in [-0.25, -0.2) is 4.79 Å². The molecule has 1 saturated heterocycles. The molecule has 7 heteroatoms. The Morgan fingerprint density at radius 3 is 2.26 bits per heavy atom. The van der Waals surface area contributed by atoms with E-state index in [4.69, 9.17) is 4.74 Å². The van der Waals surface area contributed by atoms with E-state index in [9.17, 15) is 19.5 Å². The molecule has 180 valence electrons. The number of carboxylic acids is 1. The topological polar surface area (TPSA) is 95.9 Å². The molecule has 2 atom stereocenters. The Balaban J connectivity index is 1.43. The van der Waals surface area contributed by atoms with Crippen LogP contribution in [0.15, 0.2) is 48.5 Å². The van der Waals surface area contributed by atoms with E-state index < -0.39 is 18.1 Å². The van der Waals surface area contributed by atoms with Crippen molar-refractivity contribution in [3.05, 3.63) is 59.7 Å². The summed E-state index contributed by atoms with van der Waals surface area (Å²) in [5, 5.41) is 12.0. The Kier molecular flexibility index (Phi) is 7.20. The maximum Gasteiger partial charge on any atom is 0.407 e. The van der Waals surface area contributed by atoms with Gasteiger partial charge in [0.25, 0.3) is 0 Å². The lowest BCUT2D eigenvalue weighted by molar-refractivity contribution is -0.140. The van der Waals surface area contributed by atoms with E-state index in [1.54, 1.807) is 4.90 Å². The van der Waals surface area contributed by atoms with Crippen molar-refractivity contribution in [2.24, 2.45) is 5.92 Å². The van der Waals surface area contributed by atoms with Gasteiger partial charge in [-0.1, -0.05) is 62.4 Å². The first-order valence-electron chi connectivity index (χ1n) is 12.0. The molecule has 0 saturated carbocycles. The van der Waals surface area contributed by atoms with E-state index in [1.165, 1.54) is 0 Å². The van der Waals surface area contributed by atoms with Crippen molar-refractivity contribution in [1.29, 1.82) is 0 Å². The van der Waals surface area contributed by atoms with Crippen LogP contribution in [-0.4, -0.2) is 53.2 Å². The Morgan fingerprint density at radius 1 is 1.06 bits per heavy atom. The average molecular weight is 465 g/mol. The molecule has 2 aromatic rings. The molecule has 7 nitrogen and oxygen atoms in total. The lowest BCUT2D eigenvalue weighted by atomic mass is 9.98. The number of likely N-dealkylation sites (tertiary alicyclic amines) is 1. The van der Waals surface area contributed by atoms with Gasteiger partial charge >= 0.3 is 12.1 Å². The number of aliphatic carboxylic acids is 1. The third-order valence-corrected chi connectivity index (χ3v) is 6.71. The van der Waals surface area contributed by atoms with Crippen LogP contribution in [0.5, 0.6) is 0 Å². The molecule has 0 aromatic heterocycles. The zero-order valence-corrected chi connectivity index (χ0v) is 19.7. The number of rotatable bonds is 8. The van der Waals surface area contributed by atoms with Crippen molar-refractivity contribution in [2.45, 2.75) is 57.5 Å². The Labute approximate surface area is 200 Å². The Morgan fingerprint density at radius 2 is 1.68 bits per heavy atom. The van der Waals surface area contributed by atoms with Gasteiger partial charge in [0.15, 0.2) is 0 Å². The zero-order valence-electron chi connectivity index (χ0n) is 19.7. The minimum absolute atomic E-state index is 0.0593. The van der Waals surface area contributed by atoms with Crippen LogP contribution in [0, 0.1) is 5.92 Å². The summed E-state index contributed by atoms with van der Waals surface area (Å²) >= 11 is 0. The minimum atomic E-state index is -0.922. The molecule has 4 rings (SSSR count). The molecule has 2 amide bonds. The van der Waals surface area contributed by atoms with Gasteiger partial charge in [0.1, 0.15) is 12.6 Å². The number of hydrogen-bond donors (Lipinski definition) is 2. The number of alkyl carbamates (subject to hydrolysis) is 1. The van der Waals surface area contributed by atoms with Gasteiger partial charge in [-0.15, -0.1) is 0 Å². The molecule has 2 aromatic carbocycles. The van der Waals surface area contributed by atoms with Gasteiger partial charge in [-0.3, -0.25) is 9.59 Å².